The average molecular weight is 223 g/mol. The second kappa shape index (κ2) is 5.66. The SMILES string of the molecule is C=NC1=C(/N=C\C)C=C(C(C)Cl)C=CC1. The summed E-state index contributed by atoms with van der Waals surface area (Å²) >= 11 is 6.05. The van der Waals surface area contributed by atoms with Crippen LogP contribution in [0.25, 0.3) is 0 Å². The quantitative estimate of drug-likeness (QED) is 0.516. The van der Waals surface area contributed by atoms with Gasteiger partial charge in [0.05, 0.1) is 16.8 Å². The molecule has 1 unspecified atom stereocenters. The minimum atomic E-state index is -0.0209. The van der Waals surface area contributed by atoms with Crippen molar-refractivity contribution in [2.75, 3.05) is 0 Å². The summed E-state index contributed by atoms with van der Waals surface area (Å²) in [7, 11) is 0. The lowest BCUT2D eigenvalue weighted by Gasteiger charge is -2.03. The van der Waals surface area contributed by atoms with Gasteiger partial charge in [-0.05, 0) is 32.2 Å². The van der Waals surface area contributed by atoms with Crippen LogP contribution in [0.2, 0.25) is 0 Å². The number of hydrogen-bond donors (Lipinski definition) is 0. The van der Waals surface area contributed by atoms with Crippen molar-refractivity contribution in [1.82, 2.24) is 0 Å². The van der Waals surface area contributed by atoms with Gasteiger partial charge in [0, 0.05) is 12.6 Å². The van der Waals surface area contributed by atoms with E-state index in [1.165, 1.54) is 0 Å². The maximum atomic E-state index is 6.05. The second-order valence-corrected chi connectivity index (χ2v) is 3.90. The third-order valence-electron chi connectivity index (χ3n) is 2.14. The predicted molar refractivity (Wildman–Crippen MR) is 67.9 cm³/mol. The molecule has 1 rings (SSSR count). The summed E-state index contributed by atoms with van der Waals surface area (Å²) in [6, 6.07) is 0. The molecule has 0 N–H and O–H groups in total. The van der Waals surface area contributed by atoms with Crippen LogP contribution in [-0.2, 0) is 0 Å². The highest BCUT2D eigenvalue weighted by atomic mass is 35.5. The fourth-order valence-electron chi connectivity index (χ4n) is 1.34. The van der Waals surface area contributed by atoms with Gasteiger partial charge in [-0.3, -0.25) is 9.98 Å². The zero-order valence-corrected chi connectivity index (χ0v) is 9.83. The molecule has 0 aromatic rings. The fourth-order valence-corrected chi connectivity index (χ4v) is 1.48. The van der Waals surface area contributed by atoms with Crippen molar-refractivity contribution >= 4 is 24.5 Å². The number of rotatable bonds is 3. The van der Waals surface area contributed by atoms with Crippen molar-refractivity contribution in [2.45, 2.75) is 25.6 Å². The molecule has 0 spiro atoms. The van der Waals surface area contributed by atoms with E-state index < -0.39 is 0 Å². The van der Waals surface area contributed by atoms with Gasteiger partial charge in [0.1, 0.15) is 0 Å². The van der Waals surface area contributed by atoms with Crippen LogP contribution < -0.4 is 0 Å². The van der Waals surface area contributed by atoms with Crippen LogP contribution in [0.3, 0.4) is 0 Å². The number of allylic oxidation sites excluding steroid dienone is 4. The molecule has 0 aromatic heterocycles. The highest BCUT2D eigenvalue weighted by Gasteiger charge is 2.08. The predicted octanol–water partition coefficient (Wildman–Crippen LogP) is 3.50. The first-order valence-corrected chi connectivity index (χ1v) is 5.33. The Kier molecular flexibility index (Phi) is 4.50. The van der Waals surface area contributed by atoms with Crippen molar-refractivity contribution in [1.29, 1.82) is 0 Å². The van der Waals surface area contributed by atoms with Crippen LogP contribution in [-0.4, -0.2) is 18.3 Å². The minimum absolute atomic E-state index is 0.0209. The third-order valence-corrected chi connectivity index (χ3v) is 2.39. The Morgan fingerprint density at radius 1 is 1.60 bits per heavy atom. The molecule has 0 saturated heterocycles. The molecule has 0 aliphatic heterocycles. The summed E-state index contributed by atoms with van der Waals surface area (Å²) in [6.07, 6.45) is 8.51. The largest absolute Gasteiger partial charge is 0.266 e. The van der Waals surface area contributed by atoms with Crippen LogP contribution in [0, 0.1) is 0 Å². The van der Waals surface area contributed by atoms with E-state index in [9.17, 15) is 0 Å². The molecule has 80 valence electrons. The van der Waals surface area contributed by atoms with Gasteiger partial charge in [-0.2, -0.15) is 0 Å². The van der Waals surface area contributed by atoms with Gasteiger partial charge in [0.15, 0.2) is 0 Å². The molecule has 0 heterocycles. The summed E-state index contributed by atoms with van der Waals surface area (Å²) in [5.74, 6) is 0. The lowest BCUT2D eigenvalue weighted by atomic mass is 10.1. The molecule has 1 atom stereocenters. The first-order chi connectivity index (χ1) is 7.19. The maximum Gasteiger partial charge on any atom is 0.0846 e. The topological polar surface area (TPSA) is 24.7 Å². The number of halogens is 1. The van der Waals surface area contributed by atoms with Gasteiger partial charge in [-0.15, -0.1) is 11.6 Å². The van der Waals surface area contributed by atoms with E-state index in [-0.39, 0.29) is 5.38 Å². The molecule has 3 heteroatoms. The number of hydrogen-bond acceptors (Lipinski definition) is 2. The molecule has 2 nitrogen and oxygen atoms in total. The smallest absolute Gasteiger partial charge is 0.0846 e. The molecule has 0 radical (unpaired) electrons. The Hall–Kier alpha value is -1.15. The Morgan fingerprint density at radius 3 is 2.87 bits per heavy atom. The lowest BCUT2D eigenvalue weighted by Crippen LogP contribution is -1.94. The van der Waals surface area contributed by atoms with Gasteiger partial charge in [-0.25, -0.2) is 0 Å². The van der Waals surface area contributed by atoms with Crippen molar-refractivity contribution in [3.8, 4) is 0 Å². The van der Waals surface area contributed by atoms with Crippen molar-refractivity contribution < 1.29 is 0 Å². The standard InChI is InChI=1S/C12H15ClN2/c1-4-15-12-8-10(9(2)13)6-5-7-11(12)14-3/h4-6,8-9H,3,7H2,1-2H3/b15-4-. The van der Waals surface area contributed by atoms with Gasteiger partial charge < -0.3 is 0 Å². The van der Waals surface area contributed by atoms with Gasteiger partial charge >= 0.3 is 0 Å². The molecule has 0 amide bonds. The molecule has 15 heavy (non-hydrogen) atoms. The summed E-state index contributed by atoms with van der Waals surface area (Å²) in [5, 5.41) is -0.0209. The van der Waals surface area contributed by atoms with E-state index in [2.05, 4.69) is 16.7 Å². The van der Waals surface area contributed by atoms with Gasteiger partial charge in [0.25, 0.3) is 0 Å². The third kappa shape index (κ3) is 3.17. The van der Waals surface area contributed by atoms with Crippen molar-refractivity contribution in [3.05, 3.63) is 35.2 Å². The Morgan fingerprint density at radius 2 is 2.33 bits per heavy atom. The first kappa shape index (κ1) is 11.9. The number of alkyl halides is 1. The van der Waals surface area contributed by atoms with E-state index in [4.69, 9.17) is 11.6 Å². The van der Waals surface area contributed by atoms with Gasteiger partial charge in [0.2, 0.25) is 0 Å². The van der Waals surface area contributed by atoms with E-state index in [0.29, 0.717) is 0 Å². The monoisotopic (exact) mass is 222 g/mol. The van der Waals surface area contributed by atoms with Crippen LogP contribution in [0.1, 0.15) is 20.3 Å². The highest BCUT2D eigenvalue weighted by molar-refractivity contribution is 6.22. The highest BCUT2D eigenvalue weighted by Crippen LogP contribution is 2.23. The van der Waals surface area contributed by atoms with E-state index >= 15 is 0 Å². The summed E-state index contributed by atoms with van der Waals surface area (Å²) < 4.78 is 0. The molecule has 1 aliphatic carbocycles. The van der Waals surface area contributed by atoms with Crippen LogP contribution >= 0.6 is 11.6 Å². The van der Waals surface area contributed by atoms with E-state index in [1.54, 1.807) is 6.21 Å². The molecule has 1 aliphatic rings. The molecule has 0 aromatic carbocycles. The van der Waals surface area contributed by atoms with Crippen LogP contribution in [0.5, 0.6) is 0 Å². The van der Waals surface area contributed by atoms with E-state index in [0.717, 1.165) is 23.4 Å². The van der Waals surface area contributed by atoms with Crippen molar-refractivity contribution in [2.24, 2.45) is 9.98 Å². The summed E-state index contributed by atoms with van der Waals surface area (Å²) in [4.78, 5) is 8.25. The number of aliphatic imine (C=N–C) groups is 2. The fraction of sp³-hybridized carbons (Fsp3) is 0.333. The lowest BCUT2D eigenvalue weighted by molar-refractivity contribution is 1.12. The second-order valence-electron chi connectivity index (χ2n) is 3.24. The minimum Gasteiger partial charge on any atom is -0.266 e. The van der Waals surface area contributed by atoms with E-state index in [1.807, 2.05) is 32.1 Å². The first-order valence-electron chi connectivity index (χ1n) is 4.89. The summed E-state index contributed by atoms with van der Waals surface area (Å²) in [5.41, 5.74) is 2.78. The maximum absolute atomic E-state index is 6.05. The average Bonchev–Trinajstić information content (AvgIpc) is 2.40. The van der Waals surface area contributed by atoms with Crippen molar-refractivity contribution in [3.63, 3.8) is 0 Å². The Bertz CT molecular complexity index is 360. The molecule has 0 bridgehead atoms. The molecule has 0 fully saturated rings. The summed E-state index contributed by atoms with van der Waals surface area (Å²) in [6.45, 7) is 7.37. The Labute approximate surface area is 95.8 Å². The molecule has 0 saturated carbocycles. The molecular weight excluding hydrogens is 208 g/mol. The Balaban J connectivity index is 3.16. The normalized spacial score (nSPS) is 19.0. The zero-order valence-electron chi connectivity index (χ0n) is 9.07. The number of nitrogens with zero attached hydrogens (tertiary/aromatic N) is 2. The molecular formula is C12H15ClN2. The van der Waals surface area contributed by atoms with Crippen LogP contribution in [0.15, 0.2) is 45.2 Å². The van der Waals surface area contributed by atoms with Crippen LogP contribution in [0.4, 0.5) is 0 Å². The van der Waals surface area contributed by atoms with Gasteiger partial charge in [-0.1, -0.05) is 12.2 Å². The zero-order chi connectivity index (χ0) is 11.3.